The highest BCUT2D eigenvalue weighted by atomic mass is 16.6. The van der Waals surface area contributed by atoms with Gasteiger partial charge in [0, 0.05) is 17.8 Å². The Morgan fingerprint density at radius 3 is 1.25 bits per heavy atom. The van der Waals surface area contributed by atoms with E-state index in [0.29, 0.717) is 50.4 Å². The molecule has 0 aromatic heterocycles. The Morgan fingerprint density at radius 2 is 0.860 bits per heavy atom. The monoisotopic (exact) mass is 805 g/mol. The lowest BCUT2D eigenvalue weighted by Gasteiger charge is -2.47. The van der Waals surface area contributed by atoms with Gasteiger partial charge in [0.2, 0.25) is 6.04 Å². The van der Waals surface area contributed by atoms with Crippen LogP contribution in [0.25, 0.3) is 0 Å². The fraction of sp³-hybridized carbons (Fsp3) is 0.907. The highest BCUT2D eigenvalue weighted by Gasteiger charge is 2.46. The van der Waals surface area contributed by atoms with Gasteiger partial charge in [-0.1, -0.05) is 13.8 Å². The highest BCUT2D eigenvalue weighted by Crippen LogP contribution is 2.49. The number of ether oxygens (including phenoxy) is 4. The van der Waals surface area contributed by atoms with E-state index < -0.39 is 64.6 Å². The quantitative estimate of drug-likeness (QED) is 0.0986. The number of aliphatic carboxylic acids is 2. The van der Waals surface area contributed by atoms with Crippen LogP contribution < -0.4 is 0 Å². The van der Waals surface area contributed by atoms with Crippen LogP contribution in [0.3, 0.4) is 0 Å². The zero-order valence-corrected chi connectivity index (χ0v) is 34.0. The Balaban J connectivity index is 0.852. The van der Waals surface area contributed by atoms with Crippen molar-refractivity contribution in [3.63, 3.8) is 0 Å². The standard InChI is InChI=1S/C43H67NO13/c1-43(2,26-5-11-30(12-6-26)55-32-15-19-34(20-16-32)57-42(51)38-24-28(45)8-22-36(38)40(48)49)25-3-9-29(10-4-25)54-31-13-17-33(18-14-31)56-41(50)37-23-27(44(52)53)7-21-35(37)39(46)47/h25-38,45H,3-24H2,1-2H3,(H,46,47)(H,48,49). The number of hydrogen-bond donors (Lipinski definition) is 3. The smallest absolute Gasteiger partial charge is 0.310 e. The largest absolute Gasteiger partial charge is 0.481 e. The average molecular weight is 806 g/mol. The summed E-state index contributed by atoms with van der Waals surface area (Å²) in [6, 6.07) is -0.910. The van der Waals surface area contributed by atoms with E-state index in [1.165, 1.54) is 0 Å². The van der Waals surface area contributed by atoms with Gasteiger partial charge in [-0.25, -0.2) is 0 Å². The summed E-state index contributed by atoms with van der Waals surface area (Å²) in [7, 11) is 0. The molecule has 6 unspecified atom stereocenters. The molecule has 0 saturated heterocycles. The number of rotatable bonds is 13. The summed E-state index contributed by atoms with van der Waals surface area (Å²) >= 11 is 0. The van der Waals surface area contributed by atoms with Gasteiger partial charge in [0.15, 0.2) is 0 Å². The van der Waals surface area contributed by atoms with Gasteiger partial charge < -0.3 is 34.3 Å². The van der Waals surface area contributed by atoms with Crippen molar-refractivity contribution >= 4 is 23.9 Å². The number of carbonyl (C=O) groups excluding carboxylic acids is 2. The van der Waals surface area contributed by atoms with Crippen LogP contribution >= 0.6 is 0 Å². The molecule has 6 saturated carbocycles. The topological polar surface area (TPSA) is 209 Å². The van der Waals surface area contributed by atoms with Gasteiger partial charge >= 0.3 is 23.9 Å². The van der Waals surface area contributed by atoms with E-state index >= 15 is 0 Å². The van der Waals surface area contributed by atoms with E-state index in [2.05, 4.69) is 13.8 Å². The second kappa shape index (κ2) is 19.5. The summed E-state index contributed by atoms with van der Waals surface area (Å²) in [6.07, 6.45) is 15.2. The second-order valence-electron chi connectivity index (χ2n) is 19.0. The van der Waals surface area contributed by atoms with E-state index in [4.69, 9.17) is 18.9 Å². The number of esters is 2. The lowest BCUT2D eigenvalue weighted by atomic mass is 9.60. The van der Waals surface area contributed by atoms with Crippen molar-refractivity contribution in [3.05, 3.63) is 10.1 Å². The Morgan fingerprint density at radius 1 is 0.509 bits per heavy atom. The highest BCUT2D eigenvalue weighted by molar-refractivity contribution is 5.82. The zero-order chi connectivity index (χ0) is 40.9. The number of carbonyl (C=O) groups is 4. The molecule has 0 aromatic carbocycles. The van der Waals surface area contributed by atoms with Crippen molar-refractivity contribution in [2.75, 3.05) is 0 Å². The van der Waals surface area contributed by atoms with Crippen molar-refractivity contribution in [2.45, 2.75) is 204 Å². The molecule has 57 heavy (non-hydrogen) atoms. The molecule has 0 radical (unpaired) electrons. The minimum Gasteiger partial charge on any atom is -0.481 e. The fourth-order valence-electron chi connectivity index (χ4n) is 11.4. The average Bonchev–Trinajstić information content (AvgIpc) is 3.19. The van der Waals surface area contributed by atoms with Crippen molar-refractivity contribution in [1.29, 1.82) is 0 Å². The van der Waals surface area contributed by atoms with Crippen LogP contribution in [-0.4, -0.2) is 92.9 Å². The molecule has 6 rings (SSSR count). The lowest BCUT2D eigenvalue weighted by molar-refractivity contribution is -0.528. The second-order valence-corrected chi connectivity index (χ2v) is 19.0. The van der Waals surface area contributed by atoms with Crippen LogP contribution in [0.15, 0.2) is 0 Å². The number of carboxylic acid groups (broad SMARTS) is 2. The van der Waals surface area contributed by atoms with Gasteiger partial charge in [-0.2, -0.15) is 0 Å². The maximum Gasteiger partial charge on any atom is 0.310 e. The Labute approximate surface area is 336 Å². The Kier molecular flexibility index (Phi) is 14.9. The molecule has 0 heterocycles. The molecule has 6 fully saturated rings. The minimum atomic E-state index is -1.10. The molecule has 0 amide bonds. The SMILES string of the molecule is CC(C)(C1CCC(OC2CCC(OC(=O)C3CC(O)CCC3C(=O)O)CC2)CC1)C1CCC(OC2CCC(OC(=O)C3CC([N+](=O)[O-])CCC3C(=O)O)CC2)CC1. The maximum absolute atomic E-state index is 13.0. The molecule has 322 valence electrons. The molecular weight excluding hydrogens is 738 g/mol. The first-order valence-electron chi connectivity index (χ1n) is 22.2. The maximum atomic E-state index is 13.0. The first-order chi connectivity index (χ1) is 27.2. The molecule has 6 atom stereocenters. The lowest BCUT2D eigenvalue weighted by Crippen LogP contribution is -2.42. The van der Waals surface area contributed by atoms with Crippen LogP contribution in [0, 0.1) is 51.0 Å². The molecule has 0 bridgehead atoms. The van der Waals surface area contributed by atoms with E-state index in [-0.39, 0.29) is 67.7 Å². The van der Waals surface area contributed by atoms with Crippen molar-refractivity contribution in [3.8, 4) is 0 Å². The third-order valence-electron chi connectivity index (χ3n) is 15.2. The van der Waals surface area contributed by atoms with E-state index in [9.17, 15) is 44.6 Å². The fourth-order valence-corrected chi connectivity index (χ4v) is 11.4. The third-order valence-corrected chi connectivity index (χ3v) is 15.2. The normalized spacial score (nSPS) is 39.4. The molecule has 0 aliphatic heterocycles. The third kappa shape index (κ3) is 11.3. The summed E-state index contributed by atoms with van der Waals surface area (Å²) < 4.78 is 24.7. The van der Waals surface area contributed by atoms with Crippen molar-refractivity contribution < 1.29 is 58.4 Å². The molecule has 14 heteroatoms. The molecular formula is C43H67NO13. The molecule has 6 aliphatic carbocycles. The van der Waals surface area contributed by atoms with E-state index in [1.807, 2.05) is 0 Å². The Bertz CT molecular complexity index is 1390. The van der Waals surface area contributed by atoms with Gasteiger partial charge in [-0.05, 0) is 146 Å². The predicted molar refractivity (Wildman–Crippen MR) is 205 cm³/mol. The summed E-state index contributed by atoms with van der Waals surface area (Å²) in [5.41, 5.74) is 0.228. The molecule has 3 N–H and O–H groups in total. The van der Waals surface area contributed by atoms with E-state index in [1.54, 1.807) is 0 Å². The molecule has 14 nitrogen and oxygen atoms in total. The van der Waals surface area contributed by atoms with Crippen LogP contribution in [0.4, 0.5) is 0 Å². The van der Waals surface area contributed by atoms with Crippen LogP contribution in [-0.2, 0) is 38.1 Å². The molecule has 6 aliphatic rings. The number of aliphatic hydroxyl groups is 1. The van der Waals surface area contributed by atoms with E-state index in [0.717, 1.165) is 77.0 Å². The molecule has 0 spiro atoms. The van der Waals surface area contributed by atoms with Crippen LogP contribution in [0.1, 0.15) is 155 Å². The summed E-state index contributed by atoms with van der Waals surface area (Å²) in [5.74, 6) is -5.41. The van der Waals surface area contributed by atoms with Crippen LogP contribution in [0.2, 0.25) is 0 Å². The number of nitro groups is 1. The van der Waals surface area contributed by atoms with Crippen molar-refractivity contribution in [2.24, 2.45) is 40.9 Å². The minimum absolute atomic E-state index is 0.0870. The first kappa shape index (κ1) is 43.7. The molecule has 0 aromatic rings. The van der Waals surface area contributed by atoms with Gasteiger partial charge in [0.05, 0.1) is 54.2 Å². The number of hydrogen-bond acceptors (Lipinski definition) is 11. The Hall–Kier alpha value is -2.84. The first-order valence-corrected chi connectivity index (χ1v) is 22.2. The van der Waals surface area contributed by atoms with Gasteiger partial charge in [-0.3, -0.25) is 29.3 Å². The number of nitrogens with zero attached hydrogens (tertiary/aromatic N) is 1. The predicted octanol–water partition coefficient (Wildman–Crippen LogP) is 6.88. The summed E-state index contributed by atoms with van der Waals surface area (Å²) in [5, 5.41) is 40.5. The summed E-state index contributed by atoms with van der Waals surface area (Å²) in [6.45, 7) is 4.90. The number of aliphatic hydroxyl groups excluding tert-OH is 1. The van der Waals surface area contributed by atoms with Gasteiger partial charge in [-0.15, -0.1) is 0 Å². The van der Waals surface area contributed by atoms with Gasteiger partial charge in [0.25, 0.3) is 0 Å². The van der Waals surface area contributed by atoms with Crippen LogP contribution in [0.5, 0.6) is 0 Å². The van der Waals surface area contributed by atoms with Crippen molar-refractivity contribution in [1.82, 2.24) is 0 Å². The summed E-state index contributed by atoms with van der Waals surface area (Å²) in [4.78, 5) is 60.3. The van der Waals surface area contributed by atoms with Gasteiger partial charge in [0.1, 0.15) is 12.2 Å². The number of carboxylic acids is 2. The zero-order valence-electron chi connectivity index (χ0n) is 34.0.